The molecule has 0 saturated carbocycles. The fourth-order valence-corrected chi connectivity index (χ4v) is 2.19. The number of nitrogens with zero attached hydrogens (tertiary/aromatic N) is 2. The van der Waals surface area contributed by atoms with Crippen molar-refractivity contribution in [2.75, 3.05) is 32.9 Å². The van der Waals surface area contributed by atoms with Crippen molar-refractivity contribution in [1.82, 2.24) is 9.21 Å². The number of amides is 2. The first-order valence-electron chi connectivity index (χ1n) is 5.70. The van der Waals surface area contributed by atoms with Crippen molar-refractivity contribution >= 4 is 21.8 Å². The number of hydrogen-bond donors (Lipinski definition) is 1. The third-order valence-electron chi connectivity index (χ3n) is 3.10. The molecule has 0 aromatic carbocycles. The Bertz CT molecular complexity index is 434. The highest BCUT2D eigenvalue weighted by molar-refractivity contribution is 7.88. The number of primary amides is 1. The maximum atomic E-state index is 11.9. The molecule has 1 aliphatic rings. The van der Waals surface area contributed by atoms with E-state index >= 15 is 0 Å². The molecular weight excluding hydrogens is 258 g/mol. The highest BCUT2D eigenvalue weighted by Crippen LogP contribution is 2.16. The summed E-state index contributed by atoms with van der Waals surface area (Å²) in [7, 11) is -2.02. The predicted octanol–water partition coefficient (Wildman–Crippen LogP) is -1.40. The molecule has 1 heterocycles. The Morgan fingerprint density at radius 3 is 2.56 bits per heavy atom. The van der Waals surface area contributed by atoms with E-state index in [1.165, 1.54) is 11.9 Å². The van der Waals surface area contributed by atoms with E-state index in [4.69, 9.17) is 5.73 Å². The molecule has 0 aromatic heterocycles. The summed E-state index contributed by atoms with van der Waals surface area (Å²) < 4.78 is 23.4. The number of carbonyl (C=O) groups is 2. The molecule has 0 spiro atoms. The van der Waals surface area contributed by atoms with Crippen LogP contribution in [0.4, 0.5) is 0 Å². The second-order valence-corrected chi connectivity index (χ2v) is 6.69. The summed E-state index contributed by atoms with van der Waals surface area (Å²) in [5.41, 5.74) is 5.22. The Morgan fingerprint density at radius 1 is 1.44 bits per heavy atom. The molecule has 1 unspecified atom stereocenters. The highest BCUT2D eigenvalue weighted by atomic mass is 32.2. The second-order valence-electron chi connectivity index (χ2n) is 4.60. The lowest BCUT2D eigenvalue weighted by molar-refractivity contribution is -0.134. The van der Waals surface area contributed by atoms with Gasteiger partial charge in [-0.1, -0.05) is 0 Å². The van der Waals surface area contributed by atoms with E-state index < -0.39 is 15.9 Å². The molecule has 18 heavy (non-hydrogen) atoms. The van der Waals surface area contributed by atoms with Crippen LogP contribution in [0.5, 0.6) is 0 Å². The van der Waals surface area contributed by atoms with Gasteiger partial charge in [-0.2, -0.15) is 4.31 Å². The Balaban J connectivity index is 2.59. The van der Waals surface area contributed by atoms with E-state index in [2.05, 4.69) is 0 Å². The van der Waals surface area contributed by atoms with Crippen molar-refractivity contribution in [2.24, 2.45) is 11.7 Å². The van der Waals surface area contributed by atoms with E-state index in [0.717, 1.165) is 10.6 Å². The summed E-state index contributed by atoms with van der Waals surface area (Å²) in [5.74, 6) is -1.04. The SMILES string of the molecule is CN(CC(=O)N1CCCC(C(N)=O)C1)S(C)(=O)=O. The number of rotatable bonds is 4. The van der Waals surface area contributed by atoms with Crippen LogP contribution < -0.4 is 5.73 Å². The third kappa shape index (κ3) is 3.95. The van der Waals surface area contributed by atoms with Gasteiger partial charge in [-0.3, -0.25) is 9.59 Å². The van der Waals surface area contributed by atoms with Crippen LogP contribution in [0.3, 0.4) is 0 Å². The maximum Gasteiger partial charge on any atom is 0.237 e. The predicted molar refractivity (Wildman–Crippen MR) is 66.0 cm³/mol. The molecule has 0 radical (unpaired) electrons. The highest BCUT2D eigenvalue weighted by Gasteiger charge is 2.28. The summed E-state index contributed by atoms with van der Waals surface area (Å²) in [6.45, 7) is 0.621. The molecule has 0 bridgehead atoms. The van der Waals surface area contributed by atoms with E-state index in [1.807, 2.05) is 0 Å². The van der Waals surface area contributed by atoms with Crippen LogP contribution in [0.15, 0.2) is 0 Å². The van der Waals surface area contributed by atoms with Crippen LogP contribution in [-0.2, 0) is 19.6 Å². The average molecular weight is 277 g/mol. The molecule has 1 aliphatic heterocycles. The van der Waals surface area contributed by atoms with Gasteiger partial charge in [-0.25, -0.2) is 8.42 Å². The zero-order valence-corrected chi connectivity index (χ0v) is 11.4. The van der Waals surface area contributed by atoms with Crippen molar-refractivity contribution in [3.05, 3.63) is 0 Å². The van der Waals surface area contributed by atoms with E-state index in [1.54, 1.807) is 0 Å². The first-order chi connectivity index (χ1) is 8.21. The van der Waals surface area contributed by atoms with Gasteiger partial charge >= 0.3 is 0 Å². The van der Waals surface area contributed by atoms with E-state index in [0.29, 0.717) is 19.4 Å². The lowest BCUT2D eigenvalue weighted by atomic mass is 9.97. The maximum absolute atomic E-state index is 11.9. The minimum Gasteiger partial charge on any atom is -0.369 e. The number of likely N-dealkylation sites (N-methyl/N-ethyl adjacent to an activating group) is 1. The van der Waals surface area contributed by atoms with Crippen LogP contribution >= 0.6 is 0 Å². The number of carbonyl (C=O) groups excluding carboxylic acids is 2. The number of nitrogens with two attached hydrogens (primary N) is 1. The molecule has 1 fully saturated rings. The number of likely N-dealkylation sites (tertiary alicyclic amines) is 1. The topological polar surface area (TPSA) is 101 Å². The second kappa shape index (κ2) is 5.66. The van der Waals surface area contributed by atoms with Crippen molar-refractivity contribution < 1.29 is 18.0 Å². The lowest BCUT2D eigenvalue weighted by Gasteiger charge is -2.32. The summed E-state index contributed by atoms with van der Waals surface area (Å²) in [5, 5.41) is 0. The van der Waals surface area contributed by atoms with Crippen LogP contribution in [0.1, 0.15) is 12.8 Å². The Labute approximate surface area is 107 Å². The smallest absolute Gasteiger partial charge is 0.237 e. The first kappa shape index (κ1) is 14.9. The van der Waals surface area contributed by atoms with Crippen LogP contribution in [0, 0.1) is 5.92 Å². The summed E-state index contributed by atoms with van der Waals surface area (Å²) >= 11 is 0. The van der Waals surface area contributed by atoms with Gasteiger partial charge in [0.2, 0.25) is 21.8 Å². The summed E-state index contributed by atoms with van der Waals surface area (Å²) in [6.07, 6.45) is 2.44. The zero-order valence-electron chi connectivity index (χ0n) is 10.6. The first-order valence-corrected chi connectivity index (χ1v) is 7.55. The normalized spacial score (nSPS) is 21.1. The van der Waals surface area contributed by atoms with Gasteiger partial charge < -0.3 is 10.6 Å². The number of piperidine rings is 1. The standard InChI is InChI=1S/C10H19N3O4S/c1-12(18(2,16)17)7-9(14)13-5-3-4-8(6-13)10(11)15/h8H,3-7H2,1-2H3,(H2,11,15). The van der Waals surface area contributed by atoms with Crippen LogP contribution in [-0.4, -0.2) is 62.4 Å². The quantitative estimate of drug-likeness (QED) is 0.683. The van der Waals surface area contributed by atoms with Crippen molar-refractivity contribution in [3.63, 3.8) is 0 Å². The zero-order chi connectivity index (χ0) is 13.9. The number of sulfonamides is 1. The summed E-state index contributed by atoms with van der Waals surface area (Å²) in [6, 6.07) is 0. The Kier molecular flexibility index (Phi) is 4.69. The fourth-order valence-electron chi connectivity index (χ4n) is 1.84. The molecule has 0 aromatic rings. The van der Waals surface area contributed by atoms with Gasteiger partial charge in [0.1, 0.15) is 0 Å². The van der Waals surface area contributed by atoms with Crippen molar-refractivity contribution in [3.8, 4) is 0 Å². The molecule has 2 N–H and O–H groups in total. The van der Waals surface area contributed by atoms with E-state index in [-0.39, 0.29) is 24.9 Å². The largest absolute Gasteiger partial charge is 0.369 e. The van der Waals surface area contributed by atoms with Gasteiger partial charge in [0.15, 0.2) is 0 Å². The molecular formula is C10H19N3O4S. The van der Waals surface area contributed by atoms with Gasteiger partial charge in [-0.05, 0) is 12.8 Å². The molecule has 0 aliphatic carbocycles. The van der Waals surface area contributed by atoms with Crippen molar-refractivity contribution in [1.29, 1.82) is 0 Å². The van der Waals surface area contributed by atoms with Gasteiger partial charge in [0, 0.05) is 20.1 Å². The van der Waals surface area contributed by atoms with Gasteiger partial charge in [0.05, 0.1) is 18.7 Å². The number of hydrogen-bond acceptors (Lipinski definition) is 4. The fraction of sp³-hybridized carbons (Fsp3) is 0.800. The average Bonchev–Trinajstić information content (AvgIpc) is 2.27. The summed E-state index contributed by atoms with van der Waals surface area (Å²) in [4.78, 5) is 24.5. The molecule has 104 valence electrons. The van der Waals surface area contributed by atoms with Gasteiger partial charge in [-0.15, -0.1) is 0 Å². The van der Waals surface area contributed by atoms with Crippen molar-refractivity contribution in [2.45, 2.75) is 12.8 Å². The monoisotopic (exact) mass is 277 g/mol. The van der Waals surface area contributed by atoms with Gasteiger partial charge in [0.25, 0.3) is 0 Å². The molecule has 7 nitrogen and oxygen atoms in total. The van der Waals surface area contributed by atoms with Crippen LogP contribution in [0.2, 0.25) is 0 Å². The third-order valence-corrected chi connectivity index (χ3v) is 4.36. The Morgan fingerprint density at radius 2 is 2.06 bits per heavy atom. The molecule has 1 atom stereocenters. The molecule has 1 saturated heterocycles. The molecule has 8 heteroatoms. The lowest BCUT2D eigenvalue weighted by Crippen LogP contribution is -2.47. The minimum absolute atomic E-state index is 0.204. The molecule has 1 rings (SSSR count). The molecule has 2 amide bonds. The minimum atomic E-state index is -3.37. The Hall–Kier alpha value is -1.15. The van der Waals surface area contributed by atoms with E-state index in [9.17, 15) is 18.0 Å². The van der Waals surface area contributed by atoms with Crippen LogP contribution in [0.25, 0.3) is 0 Å².